The number of carbonyl (C=O) groups is 1. The van der Waals surface area contributed by atoms with Crippen molar-refractivity contribution in [1.82, 2.24) is 4.57 Å². The monoisotopic (exact) mass is 388 g/mol. The number of rotatable bonds is 4. The van der Waals surface area contributed by atoms with Gasteiger partial charge in [-0.15, -0.1) is 0 Å². The number of aryl methyl sites for hydroxylation is 1. The Kier molecular flexibility index (Phi) is 5.35. The predicted molar refractivity (Wildman–Crippen MR) is 107 cm³/mol. The zero-order chi connectivity index (χ0) is 18.8. The summed E-state index contributed by atoms with van der Waals surface area (Å²) in [5.41, 5.74) is 1.92. The molecule has 6 heteroatoms. The molecule has 0 aliphatic carbocycles. The normalized spacial score (nSPS) is 12.2. The fraction of sp³-hybridized carbons (Fsp3) is 0.200. The van der Waals surface area contributed by atoms with Crippen LogP contribution < -0.4 is 10.9 Å². The van der Waals surface area contributed by atoms with Crippen molar-refractivity contribution in [3.8, 4) is 0 Å². The number of benzene rings is 2. The lowest BCUT2D eigenvalue weighted by Gasteiger charge is -2.21. The Bertz CT molecular complexity index is 1020. The average molecular weight is 389 g/mol. The Hall–Kier alpha value is -2.30. The number of amides is 1. The van der Waals surface area contributed by atoms with Crippen molar-refractivity contribution in [1.29, 1.82) is 0 Å². The molecule has 1 atom stereocenters. The molecule has 1 unspecified atom stereocenters. The van der Waals surface area contributed by atoms with Gasteiger partial charge < -0.3 is 5.32 Å². The molecule has 0 saturated heterocycles. The molecule has 1 aromatic heterocycles. The number of carbonyl (C=O) groups excluding carboxylic acids is 1. The zero-order valence-corrected chi connectivity index (χ0v) is 15.9. The molecule has 1 N–H and O–H groups in total. The Morgan fingerprint density at radius 3 is 2.42 bits per heavy atom. The summed E-state index contributed by atoms with van der Waals surface area (Å²) < 4.78 is 1.55. The second kappa shape index (κ2) is 7.52. The largest absolute Gasteiger partial charge is 0.324 e. The van der Waals surface area contributed by atoms with Crippen molar-refractivity contribution in [2.45, 2.75) is 26.3 Å². The van der Waals surface area contributed by atoms with Gasteiger partial charge in [-0.05, 0) is 43.2 Å². The van der Waals surface area contributed by atoms with Gasteiger partial charge in [0.1, 0.15) is 6.04 Å². The van der Waals surface area contributed by atoms with Gasteiger partial charge in [0.15, 0.2) is 0 Å². The fourth-order valence-electron chi connectivity index (χ4n) is 3.13. The molecule has 0 aliphatic heterocycles. The lowest BCUT2D eigenvalue weighted by atomic mass is 10.1. The molecule has 1 amide bonds. The van der Waals surface area contributed by atoms with Gasteiger partial charge in [0, 0.05) is 27.2 Å². The standard InChI is InChI=1S/C20H18Cl2N2O2/c1-3-17(20(26)23-15-10-13(21)9-14(22)11-15)24-18-7-5-4-6-16(18)12(2)8-19(24)25/h4-11,17H,3H2,1-2H3,(H,23,26). The van der Waals surface area contributed by atoms with E-state index in [9.17, 15) is 9.59 Å². The summed E-state index contributed by atoms with van der Waals surface area (Å²) >= 11 is 12.0. The Morgan fingerprint density at radius 1 is 1.12 bits per heavy atom. The van der Waals surface area contributed by atoms with Crippen LogP contribution in [0, 0.1) is 6.92 Å². The number of fused-ring (bicyclic) bond motifs is 1. The number of hydrogen-bond donors (Lipinski definition) is 1. The van der Waals surface area contributed by atoms with E-state index in [0.717, 1.165) is 16.5 Å². The highest BCUT2D eigenvalue weighted by Crippen LogP contribution is 2.25. The van der Waals surface area contributed by atoms with E-state index in [2.05, 4.69) is 5.32 Å². The number of anilines is 1. The van der Waals surface area contributed by atoms with Crippen molar-refractivity contribution < 1.29 is 4.79 Å². The Labute approximate surface area is 161 Å². The van der Waals surface area contributed by atoms with Crippen LogP contribution in [-0.4, -0.2) is 10.5 Å². The summed E-state index contributed by atoms with van der Waals surface area (Å²) in [4.78, 5) is 25.6. The van der Waals surface area contributed by atoms with Crippen LogP contribution in [-0.2, 0) is 4.79 Å². The highest BCUT2D eigenvalue weighted by atomic mass is 35.5. The molecule has 1 heterocycles. The quantitative estimate of drug-likeness (QED) is 0.666. The molecule has 3 rings (SSSR count). The minimum Gasteiger partial charge on any atom is -0.324 e. The summed E-state index contributed by atoms with van der Waals surface area (Å²) in [5, 5.41) is 4.62. The van der Waals surface area contributed by atoms with Gasteiger partial charge >= 0.3 is 0 Å². The predicted octanol–water partition coefficient (Wildman–Crippen LogP) is 5.21. The van der Waals surface area contributed by atoms with Crippen LogP contribution in [0.3, 0.4) is 0 Å². The number of pyridine rings is 1. The first-order chi connectivity index (χ1) is 12.4. The van der Waals surface area contributed by atoms with Crippen molar-refractivity contribution in [2.75, 3.05) is 5.32 Å². The summed E-state index contributed by atoms with van der Waals surface area (Å²) in [6, 6.07) is 13.3. The van der Waals surface area contributed by atoms with Crippen molar-refractivity contribution in [3.63, 3.8) is 0 Å². The first kappa shape index (κ1) is 18.5. The van der Waals surface area contributed by atoms with E-state index in [1.807, 2.05) is 38.1 Å². The Morgan fingerprint density at radius 2 is 1.77 bits per heavy atom. The second-order valence-electron chi connectivity index (χ2n) is 6.12. The third kappa shape index (κ3) is 3.62. The third-order valence-electron chi connectivity index (χ3n) is 4.30. The third-order valence-corrected chi connectivity index (χ3v) is 4.73. The summed E-state index contributed by atoms with van der Waals surface area (Å²) in [6.45, 7) is 3.76. The van der Waals surface area contributed by atoms with Gasteiger partial charge in [-0.1, -0.05) is 48.3 Å². The molecule has 0 spiro atoms. The van der Waals surface area contributed by atoms with Crippen LogP contribution in [0.15, 0.2) is 53.3 Å². The summed E-state index contributed by atoms with van der Waals surface area (Å²) in [6.07, 6.45) is 0.465. The number of nitrogens with zero attached hydrogens (tertiary/aromatic N) is 1. The summed E-state index contributed by atoms with van der Waals surface area (Å²) in [5.74, 6) is -0.290. The summed E-state index contributed by atoms with van der Waals surface area (Å²) in [7, 11) is 0. The smallest absolute Gasteiger partial charge is 0.252 e. The lowest BCUT2D eigenvalue weighted by molar-refractivity contribution is -0.119. The second-order valence-corrected chi connectivity index (χ2v) is 7.00. The van der Waals surface area contributed by atoms with Crippen LogP contribution in [0.5, 0.6) is 0 Å². The van der Waals surface area contributed by atoms with Gasteiger partial charge in [0.25, 0.3) is 5.56 Å². The molecule has 0 saturated carbocycles. The Balaban J connectivity index is 2.05. The number of nitrogens with one attached hydrogen (secondary N) is 1. The molecular formula is C20H18Cl2N2O2. The van der Waals surface area contributed by atoms with E-state index in [0.29, 0.717) is 22.2 Å². The molecule has 26 heavy (non-hydrogen) atoms. The van der Waals surface area contributed by atoms with E-state index < -0.39 is 6.04 Å². The lowest BCUT2D eigenvalue weighted by Crippen LogP contribution is -2.33. The van der Waals surface area contributed by atoms with Crippen LogP contribution in [0.25, 0.3) is 10.9 Å². The first-order valence-electron chi connectivity index (χ1n) is 8.28. The average Bonchev–Trinajstić information content (AvgIpc) is 2.57. The van der Waals surface area contributed by atoms with E-state index >= 15 is 0 Å². The first-order valence-corrected chi connectivity index (χ1v) is 9.04. The molecule has 0 radical (unpaired) electrons. The van der Waals surface area contributed by atoms with Gasteiger partial charge in [-0.25, -0.2) is 0 Å². The molecule has 134 valence electrons. The van der Waals surface area contributed by atoms with Crippen LogP contribution >= 0.6 is 23.2 Å². The van der Waals surface area contributed by atoms with Gasteiger partial charge in [-0.3, -0.25) is 14.2 Å². The minimum atomic E-state index is -0.647. The molecule has 0 fully saturated rings. The van der Waals surface area contributed by atoms with Crippen LogP contribution in [0.1, 0.15) is 24.9 Å². The van der Waals surface area contributed by atoms with Gasteiger partial charge in [0.2, 0.25) is 5.91 Å². The fourth-order valence-corrected chi connectivity index (χ4v) is 3.65. The van der Waals surface area contributed by atoms with Gasteiger partial charge in [0.05, 0.1) is 5.52 Å². The highest BCUT2D eigenvalue weighted by Gasteiger charge is 2.22. The molecule has 3 aromatic rings. The SMILES string of the molecule is CCC(C(=O)Nc1cc(Cl)cc(Cl)c1)n1c(=O)cc(C)c2ccccc21. The molecule has 0 bridgehead atoms. The number of hydrogen-bond acceptors (Lipinski definition) is 2. The topological polar surface area (TPSA) is 51.1 Å². The van der Waals surface area contributed by atoms with Crippen LogP contribution in [0.2, 0.25) is 10.0 Å². The number of para-hydroxylation sites is 1. The van der Waals surface area contributed by atoms with Crippen molar-refractivity contribution in [3.05, 3.63) is 74.5 Å². The molecule has 2 aromatic carbocycles. The van der Waals surface area contributed by atoms with Crippen LogP contribution in [0.4, 0.5) is 5.69 Å². The highest BCUT2D eigenvalue weighted by molar-refractivity contribution is 6.35. The number of halogens is 2. The van der Waals surface area contributed by atoms with E-state index in [4.69, 9.17) is 23.2 Å². The maximum atomic E-state index is 12.9. The van der Waals surface area contributed by atoms with Crippen molar-refractivity contribution >= 4 is 45.7 Å². The number of aromatic nitrogens is 1. The van der Waals surface area contributed by atoms with Crippen molar-refractivity contribution in [2.24, 2.45) is 0 Å². The molecular weight excluding hydrogens is 371 g/mol. The zero-order valence-electron chi connectivity index (χ0n) is 14.4. The van der Waals surface area contributed by atoms with Gasteiger partial charge in [-0.2, -0.15) is 0 Å². The van der Waals surface area contributed by atoms with E-state index in [-0.39, 0.29) is 11.5 Å². The van der Waals surface area contributed by atoms with E-state index in [1.54, 1.807) is 28.8 Å². The maximum absolute atomic E-state index is 12.9. The molecule has 0 aliphatic rings. The molecule has 4 nitrogen and oxygen atoms in total. The minimum absolute atomic E-state index is 0.202. The maximum Gasteiger partial charge on any atom is 0.252 e. The van der Waals surface area contributed by atoms with E-state index in [1.165, 1.54) is 0 Å².